The molecular weight excluding hydrogens is 438 g/mol. The molecule has 0 heterocycles. The van der Waals surface area contributed by atoms with Crippen LogP contribution in [-0.4, -0.2) is 22.8 Å². The fraction of sp³-hybridized carbons (Fsp3) is 0.0909. The van der Waals surface area contributed by atoms with Crippen molar-refractivity contribution in [2.24, 2.45) is 0 Å². The maximum Gasteiger partial charge on any atom is 0.338 e. The van der Waals surface area contributed by atoms with Gasteiger partial charge in [0.2, 0.25) is 5.78 Å². The first kappa shape index (κ1) is 20.4. The molecule has 3 aromatic rings. The van der Waals surface area contributed by atoms with Gasteiger partial charge in [-0.05, 0) is 17.7 Å². The second-order valence-electron chi connectivity index (χ2n) is 6.18. The molecular formula is C22H16BrNO5. The third-order valence-corrected chi connectivity index (χ3v) is 5.23. The van der Waals surface area contributed by atoms with Gasteiger partial charge in [0.05, 0.1) is 15.3 Å². The van der Waals surface area contributed by atoms with E-state index in [1.165, 1.54) is 18.2 Å². The molecule has 0 radical (unpaired) electrons. The number of hydrogen-bond donors (Lipinski definition) is 0. The Bertz CT molecular complexity index is 1020. The molecule has 0 amide bonds. The van der Waals surface area contributed by atoms with Crippen LogP contribution >= 0.6 is 15.9 Å². The van der Waals surface area contributed by atoms with Crippen molar-refractivity contribution in [1.82, 2.24) is 0 Å². The Kier molecular flexibility index (Phi) is 6.51. The van der Waals surface area contributed by atoms with Crippen molar-refractivity contribution in [2.75, 3.05) is 0 Å². The van der Waals surface area contributed by atoms with Crippen LogP contribution in [0.4, 0.5) is 5.69 Å². The third-order valence-electron chi connectivity index (χ3n) is 4.23. The average Bonchev–Trinajstić information content (AvgIpc) is 2.77. The number of carbonyl (C=O) groups excluding carboxylic acids is 2. The minimum Gasteiger partial charge on any atom is -0.449 e. The van der Waals surface area contributed by atoms with Gasteiger partial charge >= 0.3 is 5.97 Å². The SMILES string of the molecule is O=C(O[C@@H](C(=O)c1ccccc1)[C@@H](Br)c1cccc([N+](=O)[O-])c1)c1ccccc1. The van der Waals surface area contributed by atoms with Gasteiger partial charge in [-0.3, -0.25) is 14.9 Å². The van der Waals surface area contributed by atoms with Crippen molar-refractivity contribution < 1.29 is 19.2 Å². The molecule has 6 nitrogen and oxygen atoms in total. The number of carbonyl (C=O) groups is 2. The van der Waals surface area contributed by atoms with Crippen LogP contribution in [0.25, 0.3) is 0 Å². The van der Waals surface area contributed by atoms with Crippen LogP contribution in [0.1, 0.15) is 31.1 Å². The van der Waals surface area contributed by atoms with Gasteiger partial charge in [-0.15, -0.1) is 0 Å². The molecule has 0 fully saturated rings. The Balaban J connectivity index is 1.95. The van der Waals surface area contributed by atoms with Gasteiger partial charge in [-0.1, -0.05) is 76.6 Å². The molecule has 3 aromatic carbocycles. The normalized spacial score (nSPS) is 12.6. The number of ketones is 1. The Labute approximate surface area is 175 Å². The molecule has 2 atom stereocenters. The van der Waals surface area contributed by atoms with Gasteiger partial charge in [0.1, 0.15) is 0 Å². The van der Waals surface area contributed by atoms with Gasteiger partial charge in [-0.25, -0.2) is 4.79 Å². The third kappa shape index (κ3) is 4.94. The van der Waals surface area contributed by atoms with E-state index in [9.17, 15) is 19.7 Å². The summed E-state index contributed by atoms with van der Waals surface area (Å²) in [4.78, 5) is 35.5. The van der Waals surface area contributed by atoms with E-state index in [1.54, 1.807) is 66.7 Å². The first-order valence-electron chi connectivity index (χ1n) is 8.71. The van der Waals surface area contributed by atoms with Crippen molar-refractivity contribution in [3.63, 3.8) is 0 Å². The van der Waals surface area contributed by atoms with Crippen LogP contribution in [0.5, 0.6) is 0 Å². The number of alkyl halides is 1. The standard InChI is InChI=1S/C22H16BrNO5/c23-19(17-12-7-13-18(14-17)24(27)28)21(20(25)15-8-3-1-4-9-15)29-22(26)16-10-5-2-6-11-16/h1-14,19,21H/t19-,21+/m0/s1. The summed E-state index contributed by atoms with van der Waals surface area (Å²) in [5.41, 5.74) is 1.01. The molecule has 0 saturated heterocycles. The lowest BCUT2D eigenvalue weighted by molar-refractivity contribution is -0.384. The number of rotatable bonds is 7. The minimum atomic E-state index is -1.22. The summed E-state index contributed by atoms with van der Waals surface area (Å²) in [7, 11) is 0. The van der Waals surface area contributed by atoms with Gasteiger partial charge in [-0.2, -0.15) is 0 Å². The van der Waals surface area contributed by atoms with E-state index < -0.39 is 27.6 Å². The van der Waals surface area contributed by atoms with Gasteiger partial charge < -0.3 is 4.74 Å². The summed E-state index contributed by atoms with van der Waals surface area (Å²) in [5.74, 6) is -1.07. The maximum absolute atomic E-state index is 13.1. The number of ether oxygens (including phenoxy) is 1. The first-order chi connectivity index (χ1) is 14.0. The first-order valence-corrected chi connectivity index (χ1v) is 9.62. The highest BCUT2D eigenvalue weighted by Gasteiger charge is 2.33. The fourth-order valence-corrected chi connectivity index (χ4v) is 3.39. The van der Waals surface area contributed by atoms with Crippen LogP contribution in [0.15, 0.2) is 84.9 Å². The van der Waals surface area contributed by atoms with Crippen LogP contribution in [-0.2, 0) is 4.74 Å². The summed E-state index contributed by atoms with van der Waals surface area (Å²) in [6.07, 6.45) is -1.22. The fourth-order valence-electron chi connectivity index (χ4n) is 2.76. The highest BCUT2D eigenvalue weighted by atomic mass is 79.9. The molecule has 0 spiro atoms. The topological polar surface area (TPSA) is 86.5 Å². The van der Waals surface area contributed by atoms with E-state index in [4.69, 9.17) is 4.74 Å². The van der Waals surface area contributed by atoms with Crippen molar-refractivity contribution >= 4 is 33.4 Å². The minimum absolute atomic E-state index is 0.118. The van der Waals surface area contributed by atoms with Gasteiger partial charge in [0, 0.05) is 17.7 Å². The molecule has 29 heavy (non-hydrogen) atoms. The Morgan fingerprint density at radius 3 is 2.03 bits per heavy atom. The molecule has 0 N–H and O–H groups in total. The average molecular weight is 454 g/mol. The summed E-state index contributed by atoms with van der Waals surface area (Å²) in [6, 6.07) is 22.6. The molecule has 0 aromatic heterocycles. The number of halogens is 1. The highest BCUT2D eigenvalue weighted by molar-refractivity contribution is 9.09. The van der Waals surface area contributed by atoms with Crippen LogP contribution in [0, 0.1) is 10.1 Å². The quantitative estimate of drug-likeness (QED) is 0.162. The Morgan fingerprint density at radius 2 is 1.45 bits per heavy atom. The van der Waals surface area contributed by atoms with E-state index in [-0.39, 0.29) is 5.69 Å². The van der Waals surface area contributed by atoms with Crippen LogP contribution < -0.4 is 0 Å². The van der Waals surface area contributed by atoms with Gasteiger partial charge in [0.15, 0.2) is 6.10 Å². The molecule has 0 bridgehead atoms. The van der Waals surface area contributed by atoms with Crippen LogP contribution in [0.2, 0.25) is 0 Å². The molecule has 7 heteroatoms. The van der Waals surface area contributed by atoms with Gasteiger partial charge in [0.25, 0.3) is 5.69 Å². The number of Topliss-reactive ketones (excluding diaryl/α,β-unsaturated/α-hetero) is 1. The molecule has 0 aliphatic carbocycles. The van der Waals surface area contributed by atoms with Crippen LogP contribution in [0.3, 0.4) is 0 Å². The Hall–Kier alpha value is -3.32. The maximum atomic E-state index is 13.1. The van der Waals surface area contributed by atoms with E-state index in [0.29, 0.717) is 16.7 Å². The molecule has 146 valence electrons. The lowest BCUT2D eigenvalue weighted by Crippen LogP contribution is -2.31. The molecule has 0 saturated carbocycles. The predicted molar refractivity (Wildman–Crippen MR) is 111 cm³/mol. The predicted octanol–water partition coefficient (Wildman–Crippen LogP) is 5.14. The number of benzene rings is 3. The van der Waals surface area contributed by atoms with Crippen molar-refractivity contribution in [3.05, 3.63) is 112 Å². The zero-order chi connectivity index (χ0) is 20.8. The zero-order valence-corrected chi connectivity index (χ0v) is 16.7. The van der Waals surface area contributed by atoms with E-state index in [1.807, 2.05) is 0 Å². The zero-order valence-electron chi connectivity index (χ0n) is 15.1. The summed E-state index contributed by atoms with van der Waals surface area (Å²) >= 11 is 3.41. The monoisotopic (exact) mass is 453 g/mol. The molecule has 0 aliphatic rings. The number of nitro benzene ring substituents is 1. The summed E-state index contributed by atoms with van der Waals surface area (Å²) < 4.78 is 5.56. The highest BCUT2D eigenvalue weighted by Crippen LogP contribution is 2.33. The van der Waals surface area contributed by atoms with Crippen molar-refractivity contribution in [3.8, 4) is 0 Å². The lowest BCUT2D eigenvalue weighted by Gasteiger charge is -2.22. The second-order valence-corrected chi connectivity index (χ2v) is 7.16. The summed E-state index contributed by atoms with van der Waals surface area (Å²) in [5, 5.41) is 11.1. The molecule has 0 unspecified atom stereocenters. The molecule has 0 aliphatic heterocycles. The molecule has 3 rings (SSSR count). The number of non-ortho nitro benzene ring substituents is 1. The smallest absolute Gasteiger partial charge is 0.338 e. The largest absolute Gasteiger partial charge is 0.449 e. The number of nitrogens with zero attached hydrogens (tertiary/aromatic N) is 1. The number of nitro groups is 1. The van der Waals surface area contributed by atoms with Crippen molar-refractivity contribution in [2.45, 2.75) is 10.9 Å². The number of esters is 1. The van der Waals surface area contributed by atoms with Crippen molar-refractivity contribution in [1.29, 1.82) is 0 Å². The van der Waals surface area contributed by atoms with E-state index in [2.05, 4.69) is 15.9 Å². The number of hydrogen-bond acceptors (Lipinski definition) is 5. The Morgan fingerprint density at radius 1 is 0.862 bits per heavy atom. The second kappa shape index (κ2) is 9.25. The summed E-state index contributed by atoms with van der Waals surface area (Å²) in [6.45, 7) is 0. The van der Waals surface area contributed by atoms with E-state index >= 15 is 0 Å². The lowest BCUT2D eigenvalue weighted by atomic mass is 9.99. The van der Waals surface area contributed by atoms with E-state index in [0.717, 1.165) is 0 Å².